The predicted molar refractivity (Wildman–Crippen MR) is 182 cm³/mol. The minimum atomic E-state index is -0.105. The van der Waals surface area contributed by atoms with E-state index in [0.29, 0.717) is 33.0 Å². The third-order valence-corrected chi connectivity index (χ3v) is 8.91. The zero-order chi connectivity index (χ0) is 31.2. The lowest BCUT2D eigenvalue weighted by Gasteiger charge is -2.36. The molecule has 7 nitrogen and oxygen atoms in total. The van der Waals surface area contributed by atoms with Crippen LogP contribution in [0.5, 0.6) is 5.75 Å². The van der Waals surface area contributed by atoms with Gasteiger partial charge in [0.2, 0.25) is 0 Å². The monoisotopic (exact) mass is 624 g/mol. The van der Waals surface area contributed by atoms with Crippen molar-refractivity contribution in [2.24, 2.45) is 5.92 Å². The van der Waals surface area contributed by atoms with Crippen molar-refractivity contribution in [2.75, 3.05) is 65.8 Å². The second-order valence-electron chi connectivity index (χ2n) is 12.3. The Kier molecular flexibility index (Phi) is 12.5. The highest BCUT2D eigenvalue weighted by atomic mass is 16.5. The summed E-state index contributed by atoms with van der Waals surface area (Å²) in [5.74, 6) is 1.14. The summed E-state index contributed by atoms with van der Waals surface area (Å²) < 4.78 is 31.1. The van der Waals surface area contributed by atoms with Crippen LogP contribution in [-0.4, -0.2) is 76.8 Å². The highest BCUT2D eigenvalue weighted by molar-refractivity contribution is 5.82. The van der Waals surface area contributed by atoms with E-state index in [1.165, 1.54) is 21.9 Å². The van der Waals surface area contributed by atoms with Crippen LogP contribution in [0, 0.1) is 5.92 Å². The summed E-state index contributed by atoms with van der Waals surface area (Å²) >= 11 is 0. The van der Waals surface area contributed by atoms with Gasteiger partial charge in [0.1, 0.15) is 5.75 Å². The van der Waals surface area contributed by atoms with Gasteiger partial charge in [-0.3, -0.25) is 4.90 Å². The maximum atomic E-state index is 6.78. The Bertz CT molecular complexity index is 1460. The predicted octanol–water partition coefficient (Wildman–Crippen LogP) is 6.41. The lowest BCUT2D eigenvalue weighted by molar-refractivity contribution is -0.0518. The van der Waals surface area contributed by atoms with Gasteiger partial charge in [-0.2, -0.15) is 0 Å². The Morgan fingerprint density at radius 2 is 1.57 bits per heavy atom. The Labute approximate surface area is 273 Å². The number of para-hydroxylation sites is 1. The average molecular weight is 625 g/mol. The molecule has 2 saturated heterocycles. The van der Waals surface area contributed by atoms with Gasteiger partial charge < -0.3 is 29.0 Å². The number of piperidine rings is 1. The van der Waals surface area contributed by atoms with Crippen molar-refractivity contribution in [1.82, 2.24) is 10.2 Å². The molecule has 0 amide bonds. The van der Waals surface area contributed by atoms with Crippen molar-refractivity contribution in [1.29, 1.82) is 0 Å². The molecule has 0 aromatic heterocycles. The largest absolute Gasteiger partial charge is 0.493 e. The van der Waals surface area contributed by atoms with Gasteiger partial charge in [-0.05, 0) is 40.5 Å². The van der Waals surface area contributed by atoms with E-state index in [4.69, 9.17) is 23.7 Å². The minimum Gasteiger partial charge on any atom is -0.493 e. The number of hydrogen-bond acceptors (Lipinski definition) is 7. The van der Waals surface area contributed by atoms with E-state index < -0.39 is 0 Å². The topological polar surface area (TPSA) is 61.4 Å². The molecule has 0 radical (unpaired) electrons. The number of ether oxygens (including phenoxy) is 5. The van der Waals surface area contributed by atoms with Gasteiger partial charge in [0.25, 0.3) is 0 Å². The highest BCUT2D eigenvalue weighted by Crippen LogP contribution is 2.37. The molecule has 6 rings (SSSR count). The van der Waals surface area contributed by atoms with Gasteiger partial charge in [-0.15, -0.1) is 0 Å². The van der Waals surface area contributed by atoms with E-state index in [-0.39, 0.29) is 18.1 Å². The first-order valence-corrected chi connectivity index (χ1v) is 16.9. The number of hydrogen-bond donors (Lipinski definition) is 1. The molecule has 1 unspecified atom stereocenters. The quantitative estimate of drug-likeness (QED) is 0.145. The molecule has 46 heavy (non-hydrogen) atoms. The number of nitrogens with zero attached hydrogens (tertiary/aromatic N) is 1. The van der Waals surface area contributed by atoms with Crippen molar-refractivity contribution in [3.63, 3.8) is 0 Å². The molecular weight excluding hydrogens is 576 g/mol. The van der Waals surface area contributed by atoms with Gasteiger partial charge in [-0.1, -0.05) is 84.9 Å². The second-order valence-corrected chi connectivity index (χ2v) is 12.3. The average Bonchev–Trinajstić information content (AvgIpc) is 3.12. The SMILES string of the molecule is c1ccc(COCCCOc2ccccc2C(OCCN2CCOCC2)[C@@H]2CNC[C@H](OCc3ccc4ccccc4c3)C2)cc1. The zero-order valence-corrected chi connectivity index (χ0v) is 26.9. The van der Waals surface area contributed by atoms with Crippen molar-refractivity contribution >= 4 is 10.8 Å². The van der Waals surface area contributed by atoms with Gasteiger partial charge in [0.05, 0.1) is 58.5 Å². The molecule has 2 fully saturated rings. The number of fused-ring (bicyclic) bond motifs is 1. The lowest BCUT2D eigenvalue weighted by Crippen LogP contribution is -2.44. The molecule has 0 saturated carbocycles. The van der Waals surface area contributed by atoms with Crippen molar-refractivity contribution in [2.45, 2.75) is 38.3 Å². The first-order chi connectivity index (χ1) is 22.8. The number of nitrogens with one attached hydrogen (secondary N) is 1. The van der Waals surface area contributed by atoms with Crippen molar-refractivity contribution in [3.8, 4) is 5.75 Å². The maximum absolute atomic E-state index is 6.78. The molecule has 1 N–H and O–H groups in total. The Morgan fingerprint density at radius 3 is 2.46 bits per heavy atom. The zero-order valence-electron chi connectivity index (χ0n) is 26.9. The molecular formula is C39H48N2O5. The van der Waals surface area contributed by atoms with Crippen LogP contribution in [0.25, 0.3) is 10.8 Å². The van der Waals surface area contributed by atoms with Gasteiger partial charge >= 0.3 is 0 Å². The fourth-order valence-corrected chi connectivity index (χ4v) is 6.40. The lowest BCUT2D eigenvalue weighted by atomic mass is 9.87. The van der Waals surface area contributed by atoms with Crippen molar-refractivity contribution in [3.05, 3.63) is 114 Å². The van der Waals surface area contributed by atoms with Gasteiger partial charge in [0, 0.05) is 50.6 Å². The first kappa shape index (κ1) is 32.6. The molecule has 244 valence electrons. The van der Waals surface area contributed by atoms with Gasteiger partial charge in [-0.25, -0.2) is 0 Å². The van der Waals surface area contributed by atoms with Crippen LogP contribution in [0.2, 0.25) is 0 Å². The second kappa shape index (κ2) is 17.6. The summed E-state index contributed by atoms with van der Waals surface area (Å²) in [4.78, 5) is 2.42. The summed E-state index contributed by atoms with van der Waals surface area (Å²) in [7, 11) is 0. The maximum Gasteiger partial charge on any atom is 0.125 e. The summed E-state index contributed by atoms with van der Waals surface area (Å²) in [6.07, 6.45) is 1.74. The standard InChI is InChI=1S/C39H48N2O5/c1-2-9-31(10-3-1)29-43-20-8-21-44-38-14-7-6-13-37(38)39(45-24-19-41-17-22-42-23-18-41)35-26-36(28-40-27-35)46-30-32-15-16-33-11-4-5-12-34(33)25-32/h1-7,9-16,25,35-36,39-40H,8,17-24,26-30H2/t35-,36+,39?/m0/s1. The van der Waals surface area contributed by atoms with E-state index in [2.05, 4.69) is 83.0 Å². The van der Waals surface area contributed by atoms with Crippen LogP contribution < -0.4 is 10.1 Å². The molecule has 4 aromatic carbocycles. The fraction of sp³-hybridized carbons (Fsp3) is 0.436. The molecule has 0 bridgehead atoms. The van der Waals surface area contributed by atoms with E-state index in [0.717, 1.165) is 70.1 Å². The van der Waals surface area contributed by atoms with Crippen LogP contribution in [0.3, 0.4) is 0 Å². The van der Waals surface area contributed by atoms with Crippen molar-refractivity contribution < 1.29 is 23.7 Å². The van der Waals surface area contributed by atoms with Crippen LogP contribution in [0.4, 0.5) is 0 Å². The first-order valence-electron chi connectivity index (χ1n) is 16.9. The summed E-state index contributed by atoms with van der Waals surface area (Å²) in [5, 5.41) is 6.15. The highest BCUT2D eigenvalue weighted by Gasteiger charge is 2.32. The summed E-state index contributed by atoms with van der Waals surface area (Å²) in [6.45, 7) is 9.21. The van der Waals surface area contributed by atoms with Gasteiger partial charge in [0.15, 0.2) is 0 Å². The molecule has 2 aliphatic heterocycles. The van der Waals surface area contributed by atoms with Crippen LogP contribution >= 0.6 is 0 Å². The molecule has 4 aromatic rings. The number of benzene rings is 4. The fourth-order valence-electron chi connectivity index (χ4n) is 6.40. The van der Waals surface area contributed by atoms with Crippen LogP contribution in [0.15, 0.2) is 97.1 Å². The molecule has 0 spiro atoms. The third-order valence-electron chi connectivity index (χ3n) is 8.91. The van der Waals surface area contributed by atoms with E-state index in [9.17, 15) is 0 Å². The third kappa shape index (κ3) is 9.61. The molecule has 2 aliphatic rings. The normalized spacial score (nSPS) is 19.7. The van der Waals surface area contributed by atoms with E-state index in [1.54, 1.807) is 0 Å². The summed E-state index contributed by atoms with van der Waals surface area (Å²) in [5.41, 5.74) is 3.49. The smallest absolute Gasteiger partial charge is 0.125 e. The van der Waals surface area contributed by atoms with Crippen LogP contribution in [-0.2, 0) is 32.2 Å². The number of rotatable bonds is 16. The van der Waals surface area contributed by atoms with Crippen LogP contribution in [0.1, 0.15) is 35.6 Å². The molecule has 7 heteroatoms. The van der Waals surface area contributed by atoms with E-state index in [1.807, 2.05) is 24.3 Å². The minimum absolute atomic E-state index is 0.102. The Hall–Kier alpha value is -3.30. The Balaban J connectivity index is 1.07. The Morgan fingerprint density at radius 1 is 0.761 bits per heavy atom. The molecule has 3 atom stereocenters. The number of morpholine rings is 1. The summed E-state index contributed by atoms with van der Waals surface area (Å²) in [6, 6.07) is 33.7. The molecule has 2 heterocycles. The van der Waals surface area contributed by atoms with E-state index >= 15 is 0 Å². The molecule has 0 aliphatic carbocycles.